The van der Waals surface area contributed by atoms with Gasteiger partial charge in [0.2, 0.25) is 0 Å². The third-order valence-corrected chi connectivity index (χ3v) is 4.60. The number of nitrogens with one attached hydrogen (secondary N) is 1. The molecule has 4 nitrogen and oxygen atoms in total. The van der Waals surface area contributed by atoms with Crippen LogP contribution >= 0.6 is 15.9 Å². The fraction of sp³-hybridized carbons (Fsp3) is 0.200. The average molecular weight is 370 g/mol. The van der Waals surface area contributed by atoms with Gasteiger partial charge in [-0.25, -0.2) is 8.42 Å². The second kappa shape index (κ2) is 6.95. The molecule has 0 aliphatic rings. The van der Waals surface area contributed by atoms with Gasteiger partial charge in [0.25, 0.3) is 0 Å². The molecule has 0 unspecified atom stereocenters. The van der Waals surface area contributed by atoms with Gasteiger partial charge in [0.15, 0.2) is 9.84 Å². The van der Waals surface area contributed by atoms with E-state index >= 15 is 0 Å². The average Bonchev–Trinajstić information content (AvgIpc) is 2.45. The van der Waals surface area contributed by atoms with Crippen molar-refractivity contribution in [1.29, 1.82) is 0 Å². The van der Waals surface area contributed by atoms with Crippen LogP contribution in [-0.2, 0) is 9.84 Å². The van der Waals surface area contributed by atoms with Crippen LogP contribution in [0.15, 0.2) is 57.9 Å². The summed E-state index contributed by atoms with van der Waals surface area (Å²) in [5, 5.41) is 3.24. The highest BCUT2D eigenvalue weighted by atomic mass is 79.9. The maximum Gasteiger partial charge on any atom is 0.175 e. The molecule has 0 saturated heterocycles. The molecule has 2 rings (SSSR count). The molecular formula is C15H16BrNO3S. The lowest BCUT2D eigenvalue weighted by molar-refractivity contribution is 0.332. The molecule has 21 heavy (non-hydrogen) atoms. The van der Waals surface area contributed by atoms with Crippen molar-refractivity contribution in [2.45, 2.75) is 4.90 Å². The first-order chi connectivity index (χ1) is 9.97. The quantitative estimate of drug-likeness (QED) is 0.793. The first-order valence-corrected chi connectivity index (χ1v) is 9.06. The topological polar surface area (TPSA) is 55.4 Å². The van der Waals surface area contributed by atoms with E-state index in [-0.39, 0.29) is 4.90 Å². The van der Waals surface area contributed by atoms with Crippen molar-refractivity contribution in [3.8, 4) is 5.75 Å². The van der Waals surface area contributed by atoms with Gasteiger partial charge < -0.3 is 10.1 Å². The Hall–Kier alpha value is -1.53. The van der Waals surface area contributed by atoms with Crippen molar-refractivity contribution in [2.75, 3.05) is 24.7 Å². The minimum Gasteiger partial charge on any atom is -0.492 e. The smallest absolute Gasteiger partial charge is 0.175 e. The summed E-state index contributed by atoms with van der Waals surface area (Å²) in [6.07, 6.45) is 1.18. The molecule has 0 spiro atoms. The fourth-order valence-electron chi connectivity index (χ4n) is 1.75. The summed E-state index contributed by atoms with van der Waals surface area (Å²) in [7, 11) is -3.21. The number of ether oxygens (including phenoxy) is 1. The zero-order valence-electron chi connectivity index (χ0n) is 11.5. The lowest BCUT2D eigenvalue weighted by atomic mass is 10.3. The second-order valence-corrected chi connectivity index (χ2v) is 7.37. The van der Waals surface area contributed by atoms with E-state index in [9.17, 15) is 8.42 Å². The molecule has 0 atom stereocenters. The molecule has 0 heterocycles. The van der Waals surface area contributed by atoms with E-state index in [0.29, 0.717) is 18.9 Å². The molecule has 0 radical (unpaired) electrons. The van der Waals surface area contributed by atoms with Crippen LogP contribution in [0.2, 0.25) is 0 Å². The Labute approximate surface area is 133 Å². The molecule has 6 heteroatoms. The van der Waals surface area contributed by atoms with Crippen molar-refractivity contribution in [3.05, 3.63) is 53.0 Å². The number of anilines is 1. The zero-order chi connectivity index (χ0) is 15.3. The number of para-hydroxylation sites is 1. The second-order valence-electron chi connectivity index (χ2n) is 4.50. The Balaban J connectivity index is 1.88. The highest BCUT2D eigenvalue weighted by Crippen LogP contribution is 2.21. The van der Waals surface area contributed by atoms with Crippen molar-refractivity contribution in [2.24, 2.45) is 0 Å². The third-order valence-electron chi connectivity index (χ3n) is 2.79. The van der Waals surface area contributed by atoms with Gasteiger partial charge in [0, 0.05) is 23.0 Å². The summed E-state index contributed by atoms with van der Waals surface area (Å²) in [5.74, 6) is 0.548. The molecule has 0 saturated carbocycles. The molecule has 0 aromatic heterocycles. The molecular weight excluding hydrogens is 354 g/mol. The Kier molecular flexibility index (Phi) is 5.25. The first kappa shape index (κ1) is 15.9. The number of benzene rings is 2. The highest BCUT2D eigenvalue weighted by Gasteiger charge is 2.07. The molecule has 0 aliphatic carbocycles. The summed E-state index contributed by atoms with van der Waals surface area (Å²) in [4.78, 5) is 0.263. The van der Waals surface area contributed by atoms with Crippen molar-refractivity contribution in [1.82, 2.24) is 0 Å². The van der Waals surface area contributed by atoms with Gasteiger partial charge in [-0.3, -0.25) is 0 Å². The van der Waals surface area contributed by atoms with E-state index in [2.05, 4.69) is 21.2 Å². The minimum atomic E-state index is -3.21. The molecule has 112 valence electrons. The molecule has 0 bridgehead atoms. The Morgan fingerprint density at radius 2 is 1.90 bits per heavy atom. The monoisotopic (exact) mass is 369 g/mol. The fourth-order valence-corrected chi connectivity index (χ4v) is 2.83. The Bertz CT molecular complexity index is 716. The van der Waals surface area contributed by atoms with Gasteiger partial charge in [-0.1, -0.05) is 18.2 Å². The summed E-state index contributed by atoms with van der Waals surface area (Å²) >= 11 is 3.45. The predicted octanol–water partition coefficient (Wildman–Crippen LogP) is 3.34. The normalized spacial score (nSPS) is 11.1. The van der Waals surface area contributed by atoms with Crippen LogP contribution < -0.4 is 10.1 Å². The Morgan fingerprint density at radius 1 is 1.14 bits per heavy atom. The highest BCUT2D eigenvalue weighted by molar-refractivity contribution is 9.10. The SMILES string of the molecule is CS(=O)(=O)c1cccc(OCCNc2ccccc2Br)c1. The molecule has 1 N–H and O–H groups in total. The number of rotatable bonds is 6. The van der Waals surface area contributed by atoms with Crippen LogP contribution in [-0.4, -0.2) is 27.8 Å². The maximum atomic E-state index is 11.5. The molecule has 0 amide bonds. The van der Waals surface area contributed by atoms with Crippen LogP contribution in [0.3, 0.4) is 0 Å². The van der Waals surface area contributed by atoms with Crippen molar-refractivity contribution < 1.29 is 13.2 Å². The van der Waals surface area contributed by atoms with Crippen LogP contribution in [0.4, 0.5) is 5.69 Å². The standard InChI is InChI=1S/C15H16BrNO3S/c1-21(18,19)13-6-4-5-12(11-13)20-10-9-17-15-8-3-2-7-14(15)16/h2-8,11,17H,9-10H2,1H3. The maximum absolute atomic E-state index is 11.5. The van der Waals surface area contributed by atoms with Gasteiger partial charge in [-0.15, -0.1) is 0 Å². The lowest BCUT2D eigenvalue weighted by Crippen LogP contribution is -2.12. The summed E-state index contributed by atoms with van der Waals surface area (Å²) in [5.41, 5.74) is 0.992. The van der Waals surface area contributed by atoms with E-state index in [1.807, 2.05) is 24.3 Å². The number of hydrogen-bond acceptors (Lipinski definition) is 4. The van der Waals surface area contributed by atoms with Crippen LogP contribution in [0, 0.1) is 0 Å². The molecule has 0 fully saturated rings. The van der Waals surface area contributed by atoms with Crippen LogP contribution in [0.25, 0.3) is 0 Å². The largest absolute Gasteiger partial charge is 0.492 e. The van der Waals surface area contributed by atoms with Crippen molar-refractivity contribution in [3.63, 3.8) is 0 Å². The van der Waals surface area contributed by atoms with Crippen molar-refractivity contribution >= 4 is 31.5 Å². The number of hydrogen-bond donors (Lipinski definition) is 1. The van der Waals surface area contributed by atoms with Gasteiger partial charge >= 0.3 is 0 Å². The zero-order valence-corrected chi connectivity index (χ0v) is 13.9. The Morgan fingerprint density at radius 3 is 2.62 bits per heavy atom. The summed E-state index contributed by atoms with van der Waals surface area (Å²) in [6.45, 7) is 1.06. The molecule has 2 aromatic carbocycles. The van der Waals surface area contributed by atoms with Gasteiger partial charge in [0.05, 0.1) is 4.90 Å². The lowest BCUT2D eigenvalue weighted by Gasteiger charge is -2.10. The van der Waals surface area contributed by atoms with E-state index in [4.69, 9.17) is 4.74 Å². The summed E-state index contributed by atoms with van der Waals surface area (Å²) < 4.78 is 29.5. The molecule has 2 aromatic rings. The minimum absolute atomic E-state index is 0.263. The first-order valence-electron chi connectivity index (χ1n) is 6.38. The van der Waals surface area contributed by atoms with E-state index in [1.165, 1.54) is 12.3 Å². The van der Waals surface area contributed by atoms with E-state index in [0.717, 1.165) is 10.2 Å². The van der Waals surface area contributed by atoms with Crippen LogP contribution in [0.5, 0.6) is 5.75 Å². The molecule has 0 aliphatic heterocycles. The van der Waals surface area contributed by atoms with Gasteiger partial charge in [-0.2, -0.15) is 0 Å². The van der Waals surface area contributed by atoms with Gasteiger partial charge in [-0.05, 0) is 46.3 Å². The third kappa shape index (κ3) is 4.75. The van der Waals surface area contributed by atoms with Gasteiger partial charge in [0.1, 0.15) is 12.4 Å². The van der Waals surface area contributed by atoms with E-state index in [1.54, 1.807) is 18.2 Å². The summed E-state index contributed by atoms with van der Waals surface area (Å²) in [6, 6.07) is 14.3. The number of halogens is 1. The van der Waals surface area contributed by atoms with Crippen LogP contribution in [0.1, 0.15) is 0 Å². The van der Waals surface area contributed by atoms with E-state index < -0.39 is 9.84 Å². The number of sulfone groups is 1. The predicted molar refractivity (Wildman–Crippen MR) is 87.7 cm³/mol.